The van der Waals surface area contributed by atoms with Crippen LogP contribution in [0.15, 0.2) is 4.99 Å². The molecule has 1 aliphatic carbocycles. The second kappa shape index (κ2) is 12.1. The third-order valence-corrected chi connectivity index (χ3v) is 7.31. The lowest BCUT2D eigenvalue weighted by atomic mass is 9.85. The molecule has 0 bridgehead atoms. The van der Waals surface area contributed by atoms with Crippen molar-refractivity contribution < 1.29 is 18.0 Å². The van der Waals surface area contributed by atoms with E-state index in [1.54, 1.807) is 19.0 Å². The van der Waals surface area contributed by atoms with Crippen LogP contribution in [0.25, 0.3) is 0 Å². The minimum absolute atomic E-state index is 0. The fraction of sp³-hybridized carbons (Fsp3) is 0.842. The van der Waals surface area contributed by atoms with E-state index in [-0.39, 0.29) is 59.8 Å². The monoisotopic (exact) mass is 557 g/mol. The number of aliphatic imine (C=N–C) groups is 1. The minimum Gasteiger partial charge on any atom is -0.357 e. The van der Waals surface area contributed by atoms with Crippen LogP contribution in [0.2, 0.25) is 0 Å². The van der Waals surface area contributed by atoms with Gasteiger partial charge < -0.3 is 20.9 Å². The maximum atomic E-state index is 12.7. The van der Waals surface area contributed by atoms with E-state index in [0.717, 1.165) is 25.7 Å². The van der Waals surface area contributed by atoms with Crippen molar-refractivity contribution >= 4 is 51.6 Å². The molecule has 0 aromatic heterocycles. The van der Waals surface area contributed by atoms with Crippen LogP contribution < -0.4 is 16.0 Å². The van der Waals surface area contributed by atoms with Crippen molar-refractivity contribution in [3.63, 3.8) is 0 Å². The number of rotatable bonds is 8. The first-order chi connectivity index (χ1) is 13.7. The summed E-state index contributed by atoms with van der Waals surface area (Å²) >= 11 is 0. The van der Waals surface area contributed by atoms with Crippen LogP contribution in [0.5, 0.6) is 0 Å². The van der Waals surface area contributed by atoms with Gasteiger partial charge in [-0.15, -0.1) is 24.0 Å². The van der Waals surface area contributed by atoms with Gasteiger partial charge in [-0.25, -0.2) is 8.42 Å². The zero-order valence-corrected chi connectivity index (χ0v) is 21.3. The summed E-state index contributed by atoms with van der Waals surface area (Å²) in [6.07, 6.45) is 4.47. The minimum atomic E-state index is -3.01. The molecule has 2 rings (SSSR count). The highest BCUT2D eigenvalue weighted by molar-refractivity contribution is 14.0. The highest BCUT2D eigenvalue weighted by Gasteiger charge is 2.42. The van der Waals surface area contributed by atoms with Crippen LogP contribution in [-0.4, -0.2) is 82.4 Å². The Bertz CT molecular complexity index is 720. The molecule has 0 aromatic carbocycles. The first-order valence-corrected chi connectivity index (χ1v) is 12.2. The highest BCUT2D eigenvalue weighted by Crippen LogP contribution is 2.39. The van der Waals surface area contributed by atoms with Crippen molar-refractivity contribution in [3.05, 3.63) is 0 Å². The average molecular weight is 557 g/mol. The molecule has 2 aliphatic rings. The first-order valence-electron chi connectivity index (χ1n) is 10.4. The number of nitrogens with zero attached hydrogens (tertiary/aromatic N) is 2. The van der Waals surface area contributed by atoms with Gasteiger partial charge in [0, 0.05) is 39.6 Å². The number of amides is 2. The lowest BCUT2D eigenvalue weighted by molar-refractivity contribution is -0.138. The van der Waals surface area contributed by atoms with Gasteiger partial charge in [-0.1, -0.05) is 12.8 Å². The summed E-state index contributed by atoms with van der Waals surface area (Å²) in [5.74, 6) is 0.701. The zero-order chi connectivity index (χ0) is 21.5. The molecule has 0 aromatic rings. The molecule has 0 spiro atoms. The predicted molar refractivity (Wildman–Crippen MR) is 129 cm³/mol. The van der Waals surface area contributed by atoms with E-state index in [4.69, 9.17) is 0 Å². The normalized spacial score (nSPS) is 22.1. The predicted octanol–water partition coefficient (Wildman–Crippen LogP) is 0.502. The number of hydrogen-bond acceptors (Lipinski definition) is 5. The summed E-state index contributed by atoms with van der Waals surface area (Å²) in [4.78, 5) is 31.0. The van der Waals surface area contributed by atoms with Gasteiger partial charge in [-0.05, 0) is 26.2 Å². The van der Waals surface area contributed by atoms with E-state index >= 15 is 0 Å². The molecule has 1 heterocycles. The van der Waals surface area contributed by atoms with E-state index in [9.17, 15) is 18.0 Å². The molecule has 1 saturated heterocycles. The van der Waals surface area contributed by atoms with Crippen LogP contribution >= 0.6 is 24.0 Å². The van der Waals surface area contributed by atoms with Gasteiger partial charge in [0.25, 0.3) is 0 Å². The summed E-state index contributed by atoms with van der Waals surface area (Å²) in [5.41, 5.74) is -0.433. The molecule has 0 radical (unpaired) electrons. The number of carbonyl (C=O) groups is 2. The molecular weight excluding hydrogens is 521 g/mol. The molecule has 1 atom stereocenters. The third-order valence-electron chi connectivity index (χ3n) is 5.55. The molecule has 2 amide bonds. The zero-order valence-electron chi connectivity index (χ0n) is 18.2. The molecule has 3 N–H and O–H groups in total. The second-order valence-electron chi connectivity index (χ2n) is 8.23. The van der Waals surface area contributed by atoms with Crippen LogP contribution in [-0.2, 0) is 19.4 Å². The quantitative estimate of drug-likeness (QED) is 0.227. The number of nitrogens with one attached hydrogen (secondary N) is 3. The van der Waals surface area contributed by atoms with Crippen LogP contribution in [0, 0.1) is 5.41 Å². The van der Waals surface area contributed by atoms with Crippen LogP contribution in [0.4, 0.5) is 0 Å². The number of carbonyl (C=O) groups excluding carboxylic acids is 2. The van der Waals surface area contributed by atoms with Gasteiger partial charge in [-0.2, -0.15) is 0 Å². The molecule has 30 heavy (non-hydrogen) atoms. The van der Waals surface area contributed by atoms with Gasteiger partial charge in [0.2, 0.25) is 11.8 Å². The molecule has 1 unspecified atom stereocenters. The van der Waals surface area contributed by atoms with E-state index in [1.165, 1.54) is 0 Å². The van der Waals surface area contributed by atoms with E-state index < -0.39 is 15.3 Å². The van der Waals surface area contributed by atoms with Crippen LogP contribution in [0.1, 0.15) is 45.4 Å². The number of sulfone groups is 1. The SMILES string of the molecule is CCNC(=NCC1(C(=O)N(C)C)CCCC1)NCCC(=O)NC1CCS(=O)(=O)C1.I. The van der Waals surface area contributed by atoms with Gasteiger partial charge >= 0.3 is 0 Å². The van der Waals surface area contributed by atoms with E-state index in [0.29, 0.717) is 32.0 Å². The average Bonchev–Trinajstić information content (AvgIpc) is 3.26. The molecule has 174 valence electrons. The second-order valence-corrected chi connectivity index (χ2v) is 10.5. The maximum Gasteiger partial charge on any atom is 0.230 e. The van der Waals surface area contributed by atoms with Crippen molar-refractivity contribution in [2.45, 2.75) is 51.5 Å². The Morgan fingerprint density at radius 2 is 1.83 bits per heavy atom. The molecule has 11 heteroatoms. The van der Waals surface area contributed by atoms with E-state index in [1.807, 2.05) is 6.92 Å². The Morgan fingerprint density at radius 3 is 2.37 bits per heavy atom. The molecular formula is C19H36IN5O4S. The standard InChI is InChI=1S/C19H35N5O4S.HI/c1-4-20-18(22-14-19(9-5-6-10-19)17(26)24(2)3)21-11-7-16(25)23-15-8-12-29(27,28)13-15;/h15H,4-14H2,1-3H3,(H,23,25)(H2,20,21,22);1H. The summed E-state index contributed by atoms with van der Waals surface area (Å²) < 4.78 is 23.0. The number of guanidine groups is 1. The van der Waals surface area contributed by atoms with Gasteiger partial charge in [-0.3, -0.25) is 14.6 Å². The topological polar surface area (TPSA) is 120 Å². The highest BCUT2D eigenvalue weighted by atomic mass is 127. The first kappa shape index (κ1) is 26.9. The van der Waals surface area contributed by atoms with Gasteiger partial charge in [0.1, 0.15) is 0 Å². The van der Waals surface area contributed by atoms with Crippen molar-refractivity contribution in [3.8, 4) is 0 Å². The Balaban J connectivity index is 0.00000450. The fourth-order valence-electron chi connectivity index (χ4n) is 4.04. The van der Waals surface area contributed by atoms with Crippen LogP contribution in [0.3, 0.4) is 0 Å². The Labute approximate surface area is 197 Å². The Kier molecular flexibility index (Phi) is 10.8. The smallest absolute Gasteiger partial charge is 0.230 e. The summed E-state index contributed by atoms with van der Waals surface area (Å²) in [7, 11) is 0.556. The Hall–Kier alpha value is -1.11. The number of halogens is 1. The molecule has 1 saturated carbocycles. The van der Waals surface area contributed by atoms with Gasteiger partial charge in [0.05, 0.1) is 23.5 Å². The summed E-state index contributed by atoms with van der Waals surface area (Å²) in [6.45, 7) is 3.44. The lowest BCUT2D eigenvalue weighted by Crippen LogP contribution is -2.44. The molecule has 9 nitrogen and oxygen atoms in total. The summed E-state index contributed by atoms with van der Waals surface area (Å²) in [6, 6.07) is -0.284. The Morgan fingerprint density at radius 1 is 1.17 bits per heavy atom. The maximum absolute atomic E-state index is 12.7. The van der Waals surface area contributed by atoms with Crippen molar-refractivity contribution in [2.24, 2.45) is 10.4 Å². The van der Waals surface area contributed by atoms with Crippen molar-refractivity contribution in [2.75, 3.05) is 45.2 Å². The lowest BCUT2D eigenvalue weighted by Gasteiger charge is -2.29. The molecule has 2 fully saturated rings. The van der Waals surface area contributed by atoms with Crippen molar-refractivity contribution in [1.82, 2.24) is 20.9 Å². The molecule has 1 aliphatic heterocycles. The fourth-order valence-corrected chi connectivity index (χ4v) is 5.71. The van der Waals surface area contributed by atoms with Crippen molar-refractivity contribution in [1.29, 1.82) is 0 Å². The van der Waals surface area contributed by atoms with E-state index in [2.05, 4.69) is 20.9 Å². The summed E-state index contributed by atoms with van der Waals surface area (Å²) in [5, 5.41) is 9.07. The number of hydrogen-bond donors (Lipinski definition) is 3. The third kappa shape index (κ3) is 7.86. The van der Waals surface area contributed by atoms with Gasteiger partial charge in [0.15, 0.2) is 15.8 Å². The largest absolute Gasteiger partial charge is 0.357 e.